The van der Waals surface area contributed by atoms with E-state index in [4.69, 9.17) is 23.4 Å². The van der Waals surface area contributed by atoms with Gasteiger partial charge in [0.05, 0.1) is 55.7 Å². The Bertz CT molecular complexity index is 2140. The molecule has 2 aromatic heterocycles. The maximum atomic E-state index is 13.7. The second-order valence-corrected chi connectivity index (χ2v) is 14.3. The van der Waals surface area contributed by atoms with Crippen LogP contribution in [0.1, 0.15) is 110 Å². The average molecular weight is 871 g/mol. The normalized spacial score (nSPS) is 12.2. The van der Waals surface area contributed by atoms with Gasteiger partial charge in [-0.15, -0.1) is 0 Å². The van der Waals surface area contributed by atoms with Crippen LogP contribution in [0.25, 0.3) is 17.0 Å². The van der Waals surface area contributed by atoms with E-state index in [1.807, 2.05) is 13.8 Å². The molecule has 3 atom stereocenters. The van der Waals surface area contributed by atoms with Crippen LogP contribution in [0.4, 0.5) is 0 Å². The van der Waals surface area contributed by atoms with Crippen LogP contribution >= 0.6 is 0 Å². The molecule has 0 unspecified atom stereocenters. The monoisotopic (exact) mass is 870 g/mol. The van der Waals surface area contributed by atoms with Crippen LogP contribution < -0.4 is 20.7 Å². The van der Waals surface area contributed by atoms with Crippen molar-refractivity contribution >= 4 is 50.1 Å². The summed E-state index contributed by atoms with van der Waals surface area (Å²) in [6, 6.07) is 12.0. The van der Waals surface area contributed by atoms with Crippen molar-refractivity contribution in [2.45, 2.75) is 91.1 Å². The fourth-order valence-corrected chi connectivity index (χ4v) is 6.53. The first-order valence-corrected chi connectivity index (χ1v) is 21.0. The number of esters is 1. The average Bonchev–Trinajstić information content (AvgIpc) is 4.02. The summed E-state index contributed by atoms with van der Waals surface area (Å²) in [6.45, 7) is 7.49. The summed E-state index contributed by atoms with van der Waals surface area (Å²) in [4.78, 5) is 100.0. The molecular formula is C44H55BN6O12. The van der Waals surface area contributed by atoms with Gasteiger partial charge in [0.2, 0.25) is 12.3 Å². The Morgan fingerprint density at radius 3 is 2.33 bits per heavy atom. The summed E-state index contributed by atoms with van der Waals surface area (Å²) in [5.74, 6) is -4.49. The highest BCUT2D eigenvalue weighted by Gasteiger charge is 2.34. The number of carbonyl (C=O) groups is 7. The molecule has 336 valence electrons. The highest BCUT2D eigenvalue weighted by atomic mass is 16.7. The number of hydrogen-bond acceptors (Lipinski definition) is 13. The molecule has 0 radical (unpaired) electrons. The van der Waals surface area contributed by atoms with E-state index in [0.29, 0.717) is 31.2 Å². The van der Waals surface area contributed by atoms with Gasteiger partial charge < -0.3 is 43.9 Å². The maximum Gasteiger partial charge on any atom is 0.363 e. The molecule has 0 fully saturated rings. The van der Waals surface area contributed by atoms with Crippen molar-refractivity contribution in [1.82, 2.24) is 30.6 Å². The van der Waals surface area contributed by atoms with E-state index in [-0.39, 0.29) is 54.7 Å². The Labute approximate surface area is 366 Å². The first kappa shape index (κ1) is 48.7. The van der Waals surface area contributed by atoms with Gasteiger partial charge in [-0.05, 0) is 74.7 Å². The van der Waals surface area contributed by atoms with E-state index in [9.17, 15) is 33.6 Å². The minimum Gasteiger partial charge on any atom is -0.543 e. The Morgan fingerprint density at radius 1 is 0.921 bits per heavy atom. The lowest BCUT2D eigenvalue weighted by Crippen LogP contribution is -2.49. The second kappa shape index (κ2) is 25.1. The van der Waals surface area contributed by atoms with Gasteiger partial charge in [-0.1, -0.05) is 52.5 Å². The molecule has 0 bridgehead atoms. The summed E-state index contributed by atoms with van der Waals surface area (Å²) in [7, 11) is 1.17. The molecule has 3 N–H and O–H groups in total. The fraction of sp³-hybridized carbons (Fsp3) is 0.409. The quantitative estimate of drug-likeness (QED) is 0.0198. The van der Waals surface area contributed by atoms with Crippen molar-refractivity contribution in [3.05, 3.63) is 90.2 Å². The summed E-state index contributed by atoms with van der Waals surface area (Å²) >= 11 is 0. The number of unbranched alkanes of at least 4 members (excludes halogenated alkanes) is 3. The van der Waals surface area contributed by atoms with E-state index in [1.165, 1.54) is 26.2 Å². The molecule has 2 aromatic carbocycles. The number of imidazole rings is 1. The van der Waals surface area contributed by atoms with Crippen molar-refractivity contribution in [2.75, 3.05) is 19.9 Å². The van der Waals surface area contributed by atoms with Crippen LogP contribution in [-0.4, -0.2) is 96.7 Å². The highest BCUT2D eigenvalue weighted by Crippen LogP contribution is 2.30. The molecule has 0 aliphatic heterocycles. The standard InChI is InChI=1S/C44H55BN6O12/c1-5-9-11-12-32(35(7-3)51(28-52)63-43(57)29-13-16-31(17-14-29)50-22-21-46-27-50)40(54)47-26-48-42(56)37-20-19-36(61-37)30-15-18-33(38(24-30)59-8-4)41(55)49-34(25-39(53)62-45)44(58)60-23-10-6-2/h13-22,24,27-28,32,34-35H,5-12,23,25-26,45H2,1-4H3,(H,47,54)(H,48,56)(H,49,55)/t32-,34+,35-/m1/s1. The Balaban J connectivity index is 1.40. The third-order valence-electron chi connectivity index (χ3n) is 9.95. The van der Waals surface area contributed by atoms with Crippen LogP contribution in [0.2, 0.25) is 0 Å². The predicted octanol–water partition coefficient (Wildman–Crippen LogP) is 4.46. The first-order chi connectivity index (χ1) is 30.5. The number of ether oxygens (including phenoxy) is 2. The number of hydrogen-bond donors (Lipinski definition) is 3. The van der Waals surface area contributed by atoms with Crippen LogP contribution in [0.3, 0.4) is 0 Å². The molecular weight excluding hydrogens is 815 g/mol. The van der Waals surface area contributed by atoms with Crippen LogP contribution in [0.5, 0.6) is 5.75 Å². The van der Waals surface area contributed by atoms with Crippen molar-refractivity contribution in [3.8, 4) is 22.8 Å². The molecule has 0 saturated heterocycles. The number of carbonyl (C=O) groups excluding carboxylic acids is 7. The maximum absolute atomic E-state index is 13.7. The van der Waals surface area contributed by atoms with E-state index < -0.39 is 60.1 Å². The molecule has 0 aliphatic rings. The third kappa shape index (κ3) is 14.1. The van der Waals surface area contributed by atoms with E-state index in [2.05, 4.69) is 20.9 Å². The van der Waals surface area contributed by atoms with Gasteiger partial charge in [0.1, 0.15) is 17.6 Å². The first-order valence-electron chi connectivity index (χ1n) is 21.0. The van der Waals surface area contributed by atoms with Crippen molar-refractivity contribution < 1.29 is 56.9 Å². The zero-order valence-electron chi connectivity index (χ0n) is 36.3. The lowest BCUT2D eigenvalue weighted by molar-refractivity contribution is -0.171. The number of furan rings is 1. The van der Waals surface area contributed by atoms with Crippen LogP contribution in [-0.2, 0) is 33.4 Å². The summed E-state index contributed by atoms with van der Waals surface area (Å²) in [6.07, 6.45) is 9.42. The lowest BCUT2D eigenvalue weighted by Gasteiger charge is -2.31. The van der Waals surface area contributed by atoms with Gasteiger partial charge in [0, 0.05) is 23.6 Å². The van der Waals surface area contributed by atoms with Crippen LogP contribution in [0, 0.1) is 5.92 Å². The molecule has 4 amide bonds. The van der Waals surface area contributed by atoms with E-state index in [0.717, 1.165) is 30.0 Å². The predicted molar refractivity (Wildman–Crippen MR) is 231 cm³/mol. The number of nitrogens with one attached hydrogen (secondary N) is 3. The lowest BCUT2D eigenvalue weighted by atomic mass is 9.90. The van der Waals surface area contributed by atoms with Crippen molar-refractivity contribution in [2.24, 2.45) is 5.92 Å². The van der Waals surface area contributed by atoms with Gasteiger partial charge >= 0.3 is 20.0 Å². The van der Waals surface area contributed by atoms with Crippen molar-refractivity contribution in [1.29, 1.82) is 0 Å². The number of nitrogens with zero attached hydrogens (tertiary/aromatic N) is 3. The smallest absolute Gasteiger partial charge is 0.363 e. The Kier molecular flexibility index (Phi) is 19.4. The summed E-state index contributed by atoms with van der Waals surface area (Å²) in [5.41, 5.74) is 1.51. The SMILES string of the molecule is BOC(=O)C[C@H](NC(=O)c1ccc(-c2ccc(C(=O)NCNC(=O)[C@H](CCCCC)[C@@H](CC)N(C=O)OC(=O)c3ccc(-n4ccnc4)cc3)o2)cc1OCC)C(=O)OCCCC. The number of benzene rings is 2. The minimum absolute atomic E-state index is 0.0709. The topological polar surface area (TPSA) is 227 Å². The number of rotatable bonds is 26. The Hall–Kier alpha value is -6.92. The zero-order chi connectivity index (χ0) is 45.7. The van der Waals surface area contributed by atoms with Gasteiger partial charge in [-0.2, -0.15) is 5.06 Å². The Morgan fingerprint density at radius 2 is 1.68 bits per heavy atom. The van der Waals surface area contributed by atoms with Gasteiger partial charge in [-0.25, -0.2) is 14.6 Å². The third-order valence-corrected chi connectivity index (χ3v) is 9.95. The van der Waals surface area contributed by atoms with E-state index >= 15 is 0 Å². The largest absolute Gasteiger partial charge is 0.543 e. The molecule has 4 rings (SSSR count). The van der Waals surface area contributed by atoms with Crippen LogP contribution in [0.15, 0.2) is 77.7 Å². The summed E-state index contributed by atoms with van der Waals surface area (Å²) < 4.78 is 23.3. The van der Waals surface area contributed by atoms with Gasteiger partial charge in [0.25, 0.3) is 17.8 Å². The number of hydroxylamine groups is 2. The second-order valence-electron chi connectivity index (χ2n) is 14.3. The van der Waals surface area contributed by atoms with Gasteiger partial charge in [-0.3, -0.25) is 24.0 Å². The molecule has 18 nitrogen and oxygen atoms in total. The zero-order valence-corrected chi connectivity index (χ0v) is 36.3. The summed E-state index contributed by atoms with van der Waals surface area (Å²) in [5, 5.41) is 8.76. The minimum atomic E-state index is -1.30. The van der Waals surface area contributed by atoms with Crippen molar-refractivity contribution in [3.63, 3.8) is 0 Å². The van der Waals surface area contributed by atoms with E-state index in [1.54, 1.807) is 73.5 Å². The number of aromatic nitrogens is 2. The van der Waals surface area contributed by atoms with Gasteiger partial charge in [0.15, 0.2) is 5.76 Å². The molecule has 19 heteroatoms. The molecule has 63 heavy (non-hydrogen) atoms. The fourth-order valence-electron chi connectivity index (χ4n) is 6.53. The molecule has 0 aliphatic carbocycles. The molecule has 4 aromatic rings. The molecule has 0 saturated carbocycles. The number of amides is 4. The molecule has 0 spiro atoms. The highest BCUT2D eigenvalue weighted by molar-refractivity contribution is 6.06. The molecule has 2 heterocycles.